The zero-order valence-electron chi connectivity index (χ0n) is 17.4. The largest absolute Gasteiger partial charge is 0.463 e. The average Bonchev–Trinajstić information content (AvgIpc) is 3.14. The molecule has 0 bridgehead atoms. The summed E-state index contributed by atoms with van der Waals surface area (Å²) in [6.07, 6.45) is 2.25. The second kappa shape index (κ2) is 10.9. The smallest absolute Gasteiger partial charge is 0.304 e. The van der Waals surface area contributed by atoms with Gasteiger partial charge in [0.25, 0.3) is 0 Å². The molecule has 0 aromatic rings. The quantitative estimate of drug-likeness (QED) is 0.435. The third kappa shape index (κ3) is 6.96. The summed E-state index contributed by atoms with van der Waals surface area (Å²) in [5.41, 5.74) is 1.06. The lowest BCUT2D eigenvalue weighted by Gasteiger charge is -2.44. The summed E-state index contributed by atoms with van der Waals surface area (Å²) in [5.74, 6) is -2.46. The van der Waals surface area contributed by atoms with Crippen LogP contribution >= 0.6 is 0 Å². The normalized spacial score (nSPS) is 27.7. The fraction of sp³-hybridized carbons (Fsp3) is 0.600. The Morgan fingerprint density at radius 3 is 2.13 bits per heavy atom. The van der Waals surface area contributed by atoms with Crippen LogP contribution in [0.1, 0.15) is 34.1 Å². The number of carbonyl (C=O) groups is 4. The lowest BCUT2D eigenvalue weighted by atomic mass is 9.95. The van der Waals surface area contributed by atoms with E-state index in [2.05, 4.69) is 5.32 Å². The molecule has 0 amide bonds. The van der Waals surface area contributed by atoms with Crippen molar-refractivity contribution < 1.29 is 42.9 Å². The summed E-state index contributed by atoms with van der Waals surface area (Å²) in [5, 5.41) is 3.18. The average molecular weight is 425 g/mol. The number of nitrogens with one attached hydrogen (secondary N) is 1. The van der Waals surface area contributed by atoms with Crippen molar-refractivity contribution in [2.24, 2.45) is 0 Å². The van der Waals surface area contributed by atoms with Crippen LogP contribution in [-0.4, -0.2) is 67.7 Å². The predicted octanol–water partition coefficient (Wildman–Crippen LogP) is 0.545. The summed E-state index contributed by atoms with van der Waals surface area (Å²) >= 11 is 0. The second-order valence-corrected chi connectivity index (χ2v) is 6.97. The number of allylic oxidation sites excluding steroid dienone is 3. The van der Waals surface area contributed by atoms with Crippen LogP contribution in [0, 0.1) is 0 Å². The lowest BCUT2D eigenvalue weighted by molar-refractivity contribution is -0.271. The van der Waals surface area contributed by atoms with Gasteiger partial charge in [-0.2, -0.15) is 0 Å². The summed E-state index contributed by atoms with van der Waals surface area (Å²) in [7, 11) is 0. The van der Waals surface area contributed by atoms with Crippen LogP contribution in [0.25, 0.3) is 0 Å². The first-order valence-corrected chi connectivity index (χ1v) is 9.55. The Morgan fingerprint density at radius 2 is 1.60 bits per heavy atom. The highest BCUT2D eigenvalue weighted by Gasteiger charge is 2.51. The molecule has 1 saturated heterocycles. The van der Waals surface area contributed by atoms with Gasteiger partial charge in [0.2, 0.25) is 6.29 Å². The van der Waals surface area contributed by atoms with Gasteiger partial charge in [0.05, 0.1) is 0 Å². The molecule has 1 heterocycles. The van der Waals surface area contributed by atoms with Gasteiger partial charge >= 0.3 is 23.9 Å². The minimum atomic E-state index is -1.17. The van der Waals surface area contributed by atoms with Gasteiger partial charge in [-0.15, -0.1) is 0 Å². The maximum Gasteiger partial charge on any atom is 0.304 e. The van der Waals surface area contributed by atoms with Gasteiger partial charge in [0.15, 0.2) is 12.2 Å². The van der Waals surface area contributed by atoms with E-state index in [1.54, 1.807) is 0 Å². The zero-order chi connectivity index (χ0) is 22.3. The molecule has 166 valence electrons. The SMILES string of the molecule is CC(=O)OCC1O[C@@H](OC(C)=O)C(NCC2=CC=CC2)C(OC(C)=O)[C@@H]1OC(C)=O. The molecule has 0 radical (unpaired) electrons. The number of hydrogen-bond acceptors (Lipinski definition) is 10. The van der Waals surface area contributed by atoms with Crippen molar-refractivity contribution in [3.8, 4) is 0 Å². The van der Waals surface area contributed by atoms with Crippen molar-refractivity contribution in [2.45, 2.75) is 64.8 Å². The van der Waals surface area contributed by atoms with Crippen molar-refractivity contribution in [1.29, 1.82) is 0 Å². The molecule has 2 aliphatic rings. The maximum absolute atomic E-state index is 11.8. The van der Waals surface area contributed by atoms with Crippen LogP contribution in [0.3, 0.4) is 0 Å². The Morgan fingerprint density at radius 1 is 0.967 bits per heavy atom. The minimum Gasteiger partial charge on any atom is -0.463 e. The Bertz CT molecular complexity index is 730. The molecule has 0 saturated carbocycles. The zero-order valence-corrected chi connectivity index (χ0v) is 17.4. The fourth-order valence-corrected chi connectivity index (χ4v) is 3.25. The van der Waals surface area contributed by atoms with Crippen LogP contribution < -0.4 is 5.32 Å². The molecule has 30 heavy (non-hydrogen) atoms. The molecule has 0 aromatic heterocycles. The number of carbonyl (C=O) groups excluding carboxylic acids is 4. The first-order chi connectivity index (χ1) is 14.2. The minimum absolute atomic E-state index is 0.287. The van der Waals surface area contributed by atoms with E-state index in [0.29, 0.717) is 6.54 Å². The highest BCUT2D eigenvalue weighted by atomic mass is 16.7. The standard InChI is InChI=1S/C20H27NO9/c1-11(22)26-10-16-18(27-12(2)23)19(28-13(3)24)17(20(30-16)29-14(4)25)21-9-15-7-5-6-8-15/h5-7,16-21H,8-10H2,1-4H3/t16?,17?,18-,19?,20-/m1/s1. The van der Waals surface area contributed by atoms with Gasteiger partial charge in [-0.3, -0.25) is 19.2 Å². The van der Waals surface area contributed by atoms with Crippen molar-refractivity contribution >= 4 is 23.9 Å². The van der Waals surface area contributed by atoms with Gasteiger partial charge in [-0.05, 0) is 6.42 Å². The number of esters is 4. The summed E-state index contributed by atoms with van der Waals surface area (Å²) in [6.45, 7) is 4.95. The summed E-state index contributed by atoms with van der Waals surface area (Å²) in [6, 6.07) is -0.836. The van der Waals surface area contributed by atoms with Crippen LogP contribution in [0.5, 0.6) is 0 Å². The van der Waals surface area contributed by atoms with Gasteiger partial charge in [-0.1, -0.05) is 23.8 Å². The molecule has 10 heteroatoms. The molecule has 3 unspecified atom stereocenters. The lowest BCUT2D eigenvalue weighted by Crippen LogP contribution is -2.66. The van der Waals surface area contributed by atoms with Crippen molar-refractivity contribution in [3.63, 3.8) is 0 Å². The van der Waals surface area contributed by atoms with E-state index in [0.717, 1.165) is 12.0 Å². The molecular weight excluding hydrogens is 398 g/mol. The number of rotatable bonds is 8. The molecule has 2 rings (SSSR count). The second-order valence-electron chi connectivity index (χ2n) is 6.97. The van der Waals surface area contributed by atoms with Crippen molar-refractivity contribution in [1.82, 2.24) is 5.32 Å². The fourth-order valence-electron chi connectivity index (χ4n) is 3.25. The highest BCUT2D eigenvalue weighted by molar-refractivity contribution is 5.68. The first-order valence-electron chi connectivity index (χ1n) is 9.55. The Balaban J connectivity index is 2.32. The summed E-state index contributed by atoms with van der Waals surface area (Å²) < 4.78 is 26.9. The monoisotopic (exact) mass is 425 g/mol. The number of hydrogen-bond donors (Lipinski definition) is 1. The summed E-state index contributed by atoms with van der Waals surface area (Å²) in [4.78, 5) is 46.4. The van der Waals surface area contributed by atoms with Crippen LogP contribution in [-0.2, 0) is 42.9 Å². The van der Waals surface area contributed by atoms with E-state index in [-0.39, 0.29) is 6.61 Å². The third-order valence-corrected chi connectivity index (χ3v) is 4.40. The first kappa shape index (κ1) is 23.6. The molecule has 10 nitrogen and oxygen atoms in total. The van der Waals surface area contributed by atoms with Crippen molar-refractivity contribution in [3.05, 3.63) is 23.8 Å². The van der Waals surface area contributed by atoms with E-state index in [1.807, 2.05) is 18.2 Å². The van der Waals surface area contributed by atoms with Gasteiger partial charge < -0.3 is 29.0 Å². The molecule has 0 spiro atoms. The maximum atomic E-state index is 11.8. The van der Waals surface area contributed by atoms with E-state index >= 15 is 0 Å². The van der Waals surface area contributed by atoms with Gasteiger partial charge in [0, 0.05) is 34.2 Å². The van der Waals surface area contributed by atoms with E-state index in [9.17, 15) is 19.2 Å². The van der Waals surface area contributed by atoms with Crippen LogP contribution in [0.4, 0.5) is 0 Å². The van der Waals surface area contributed by atoms with E-state index in [4.69, 9.17) is 23.7 Å². The Hall–Kier alpha value is -2.72. The highest BCUT2D eigenvalue weighted by Crippen LogP contribution is 2.28. The molecule has 1 aliphatic heterocycles. The number of ether oxygens (including phenoxy) is 5. The van der Waals surface area contributed by atoms with Crippen LogP contribution in [0.2, 0.25) is 0 Å². The molecule has 1 N–H and O–H groups in total. The molecule has 1 fully saturated rings. The topological polar surface area (TPSA) is 126 Å². The molecular formula is C20H27NO9. The molecule has 5 atom stereocenters. The Kier molecular flexibility index (Phi) is 8.55. The third-order valence-electron chi connectivity index (χ3n) is 4.40. The molecule has 1 aliphatic carbocycles. The van der Waals surface area contributed by atoms with Crippen molar-refractivity contribution in [2.75, 3.05) is 13.2 Å². The van der Waals surface area contributed by atoms with Gasteiger partial charge in [0.1, 0.15) is 18.8 Å². The van der Waals surface area contributed by atoms with Crippen LogP contribution in [0.15, 0.2) is 23.8 Å². The molecule has 0 aromatic carbocycles. The Labute approximate surface area is 174 Å². The van der Waals surface area contributed by atoms with E-state index in [1.165, 1.54) is 27.7 Å². The van der Waals surface area contributed by atoms with E-state index < -0.39 is 54.5 Å². The van der Waals surface area contributed by atoms with Gasteiger partial charge in [-0.25, -0.2) is 0 Å². The predicted molar refractivity (Wildman–Crippen MR) is 102 cm³/mol.